The SMILES string of the molecule is CC(C)CC(CNCc1sccc1Br)C(=O)O. The van der Waals surface area contributed by atoms with Crippen LogP contribution in [-0.2, 0) is 11.3 Å². The van der Waals surface area contributed by atoms with Crippen molar-refractivity contribution in [2.24, 2.45) is 11.8 Å². The highest BCUT2D eigenvalue weighted by Gasteiger charge is 2.18. The van der Waals surface area contributed by atoms with E-state index in [1.165, 1.54) is 4.88 Å². The van der Waals surface area contributed by atoms with Crippen molar-refractivity contribution in [1.29, 1.82) is 0 Å². The quantitative estimate of drug-likeness (QED) is 0.810. The van der Waals surface area contributed by atoms with E-state index < -0.39 is 5.97 Å². The minimum absolute atomic E-state index is 0.297. The highest BCUT2D eigenvalue weighted by molar-refractivity contribution is 9.10. The molecule has 2 N–H and O–H groups in total. The molecule has 0 radical (unpaired) electrons. The van der Waals surface area contributed by atoms with E-state index >= 15 is 0 Å². The Hall–Kier alpha value is -0.390. The largest absolute Gasteiger partial charge is 0.481 e. The highest BCUT2D eigenvalue weighted by atomic mass is 79.9. The molecule has 0 aliphatic heterocycles. The third kappa shape index (κ3) is 5.19. The van der Waals surface area contributed by atoms with E-state index in [1.807, 2.05) is 25.3 Å². The van der Waals surface area contributed by atoms with Gasteiger partial charge < -0.3 is 10.4 Å². The van der Waals surface area contributed by atoms with Gasteiger partial charge >= 0.3 is 5.97 Å². The number of carboxylic acids is 1. The first-order chi connectivity index (χ1) is 8.00. The number of aliphatic carboxylic acids is 1. The van der Waals surface area contributed by atoms with Gasteiger partial charge in [-0.05, 0) is 39.7 Å². The Labute approximate surface area is 114 Å². The van der Waals surface area contributed by atoms with Gasteiger partial charge in [-0.1, -0.05) is 13.8 Å². The van der Waals surface area contributed by atoms with Crippen molar-refractivity contribution in [3.63, 3.8) is 0 Å². The molecule has 0 spiro atoms. The molecule has 1 heterocycles. The summed E-state index contributed by atoms with van der Waals surface area (Å²) < 4.78 is 1.09. The molecule has 1 aromatic heterocycles. The zero-order chi connectivity index (χ0) is 12.8. The number of carbonyl (C=O) groups is 1. The Balaban J connectivity index is 2.37. The van der Waals surface area contributed by atoms with Crippen LogP contribution in [0.3, 0.4) is 0 Å². The summed E-state index contributed by atoms with van der Waals surface area (Å²) in [6, 6.07) is 2.00. The third-order valence-corrected chi connectivity index (χ3v) is 4.40. The predicted molar refractivity (Wildman–Crippen MR) is 74.3 cm³/mol. The molecule has 1 rings (SSSR count). The summed E-state index contributed by atoms with van der Waals surface area (Å²) in [5.74, 6) is -0.600. The first kappa shape index (κ1) is 14.7. The fourth-order valence-electron chi connectivity index (χ4n) is 1.65. The van der Waals surface area contributed by atoms with E-state index in [9.17, 15) is 4.79 Å². The average molecular weight is 320 g/mol. The Morgan fingerprint density at radius 3 is 2.76 bits per heavy atom. The van der Waals surface area contributed by atoms with Gasteiger partial charge in [0.25, 0.3) is 0 Å². The number of hydrogen-bond donors (Lipinski definition) is 2. The van der Waals surface area contributed by atoms with Crippen LogP contribution in [0.25, 0.3) is 0 Å². The fraction of sp³-hybridized carbons (Fsp3) is 0.583. The molecular formula is C12H18BrNO2S. The van der Waals surface area contributed by atoms with Crippen LogP contribution in [0.5, 0.6) is 0 Å². The minimum Gasteiger partial charge on any atom is -0.481 e. The van der Waals surface area contributed by atoms with Crippen LogP contribution >= 0.6 is 27.3 Å². The minimum atomic E-state index is -0.712. The normalized spacial score (nSPS) is 12.9. The standard InChI is InChI=1S/C12H18BrNO2S/c1-8(2)5-9(12(15)16)6-14-7-11-10(13)3-4-17-11/h3-4,8-9,14H,5-7H2,1-2H3,(H,15,16). The first-order valence-electron chi connectivity index (χ1n) is 5.66. The molecule has 0 saturated heterocycles. The summed E-state index contributed by atoms with van der Waals surface area (Å²) in [4.78, 5) is 12.3. The van der Waals surface area contributed by atoms with Crippen LogP contribution < -0.4 is 5.32 Å². The van der Waals surface area contributed by atoms with Crippen molar-refractivity contribution < 1.29 is 9.90 Å². The molecular weight excluding hydrogens is 302 g/mol. The Kier molecular flexibility index (Phi) is 6.16. The molecule has 1 aromatic rings. The van der Waals surface area contributed by atoms with Gasteiger partial charge in [-0.15, -0.1) is 11.3 Å². The van der Waals surface area contributed by atoms with Crippen LogP contribution in [0.15, 0.2) is 15.9 Å². The van der Waals surface area contributed by atoms with Crippen molar-refractivity contribution in [1.82, 2.24) is 5.32 Å². The predicted octanol–water partition coefficient (Wildman–Crippen LogP) is 3.35. The lowest BCUT2D eigenvalue weighted by Crippen LogP contribution is -2.29. The molecule has 1 unspecified atom stereocenters. The van der Waals surface area contributed by atoms with Gasteiger partial charge in [-0.3, -0.25) is 4.79 Å². The number of thiophene rings is 1. The molecule has 0 aliphatic rings. The number of rotatable bonds is 7. The van der Waals surface area contributed by atoms with E-state index in [4.69, 9.17) is 5.11 Å². The van der Waals surface area contributed by atoms with Gasteiger partial charge in [0.15, 0.2) is 0 Å². The molecule has 0 aromatic carbocycles. The summed E-state index contributed by atoms with van der Waals surface area (Å²) in [6.45, 7) is 5.34. The lowest BCUT2D eigenvalue weighted by atomic mass is 9.97. The van der Waals surface area contributed by atoms with Gasteiger partial charge in [0.2, 0.25) is 0 Å². The van der Waals surface area contributed by atoms with Crippen LogP contribution in [-0.4, -0.2) is 17.6 Å². The number of halogens is 1. The lowest BCUT2D eigenvalue weighted by molar-refractivity contribution is -0.142. The lowest BCUT2D eigenvalue weighted by Gasteiger charge is -2.15. The maximum atomic E-state index is 11.0. The van der Waals surface area contributed by atoms with Crippen LogP contribution in [0.2, 0.25) is 0 Å². The summed E-state index contributed by atoms with van der Waals surface area (Å²) in [5.41, 5.74) is 0. The van der Waals surface area contributed by atoms with Crippen LogP contribution in [0.1, 0.15) is 25.1 Å². The maximum Gasteiger partial charge on any atom is 0.307 e. The number of nitrogens with one attached hydrogen (secondary N) is 1. The summed E-state index contributed by atoms with van der Waals surface area (Å²) in [7, 11) is 0. The molecule has 0 aliphatic carbocycles. The topological polar surface area (TPSA) is 49.3 Å². The zero-order valence-corrected chi connectivity index (χ0v) is 12.5. The Bertz CT molecular complexity index is 365. The van der Waals surface area contributed by atoms with Crippen LogP contribution in [0.4, 0.5) is 0 Å². The Morgan fingerprint density at radius 2 is 2.29 bits per heavy atom. The fourth-order valence-corrected chi connectivity index (χ4v) is 3.11. The van der Waals surface area contributed by atoms with Gasteiger partial charge in [0.05, 0.1) is 5.92 Å². The van der Waals surface area contributed by atoms with Crippen molar-refractivity contribution in [3.8, 4) is 0 Å². The van der Waals surface area contributed by atoms with Crippen molar-refractivity contribution in [3.05, 3.63) is 20.8 Å². The molecule has 0 bridgehead atoms. The first-order valence-corrected chi connectivity index (χ1v) is 7.33. The summed E-state index contributed by atoms with van der Waals surface area (Å²) >= 11 is 5.12. The van der Waals surface area contributed by atoms with Crippen molar-refractivity contribution in [2.75, 3.05) is 6.54 Å². The second-order valence-electron chi connectivity index (χ2n) is 4.49. The number of hydrogen-bond acceptors (Lipinski definition) is 3. The van der Waals surface area contributed by atoms with E-state index in [2.05, 4.69) is 21.2 Å². The second-order valence-corrected chi connectivity index (χ2v) is 6.34. The smallest absolute Gasteiger partial charge is 0.307 e. The molecule has 96 valence electrons. The molecule has 0 fully saturated rings. The molecule has 0 saturated carbocycles. The van der Waals surface area contributed by atoms with Crippen molar-refractivity contribution in [2.45, 2.75) is 26.8 Å². The van der Waals surface area contributed by atoms with Gasteiger partial charge in [-0.25, -0.2) is 0 Å². The summed E-state index contributed by atoms with van der Waals surface area (Å²) in [5, 5.41) is 14.3. The molecule has 17 heavy (non-hydrogen) atoms. The van der Waals surface area contributed by atoms with Crippen molar-refractivity contribution >= 4 is 33.2 Å². The molecule has 1 atom stereocenters. The van der Waals surface area contributed by atoms with E-state index in [0.29, 0.717) is 18.9 Å². The van der Waals surface area contributed by atoms with Gasteiger partial charge in [-0.2, -0.15) is 0 Å². The zero-order valence-electron chi connectivity index (χ0n) is 10.1. The maximum absolute atomic E-state index is 11.0. The highest BCUT2D eigenvalue weighted by Crippen LogP contribution is 2.22. The average Bonchev–Trinajstić information content (AvgIpc) is 2.62. The van der Waals surface area contributed by atoms with E-state index in [-0.39, 0.29) is 5.92 Å². The van der Waals surface area contributed by atoms with Crippen LogP contribution in [0, 0.1) is 11.8 Å². The van der Waals surface area contributed by atoms with Gasteiger partial charge in [0.1, 0.15) is 0 Å². The number of carboxylic acid groups (broad SMARTS) is 1. The Morgan fingerprint density at radius 1 is 1.59 bits per heavy atom. The second kappa shape index (κ2) is 7.13. The third-order valence-electron chi connectivity index (χ3n) is 2.47. The van der Waals surface area contributed by atoms with Gasteiger partial charge in [0, 0.05) is 22.4 Å². The van der Waals surface area contributed by atoms with E-state index in [0.717, 1.165) is 11.0 Å². The van der Waals surface area contributed by atoms with E-state index in [1.54, 1.807) is 11.3 Å². The molecule has 0 amide bonds. The molecule has 5 heteroatoms. The molecule has 3 nitrogen and oxygen atoms in total. The monoisotopic (exact) mass is 319 g/mol. The summed E-state index contributed by atoms with van der Waals surface area (Å²) in [6.07, 6.45) is 0.716.